The molecule has 19 heavy (non-hydrogen) atoms. The van der Waals surface area contributed by atoms with Crippen molar-refractivity contribution in [3.63, 3.8) is 0 Å². The topological polar surface area (TPSA) is 3.24 Å². The van der Waals surface area contributed by atoms with Crippen molar-refractivity contribution in [2.24, 2.45) is 11.8 Å². The highest BCUT2D eigenvalue weighted by molar-refractivity contribution is 5.41. The second kappa shape index (κ2) is 4.21. The van der Waals surface area contributed by atoms with E-state index in [2.05, 4.69) is 41.8 Å². The SMILES string of the molecule is C=CCN1CC2Cc3ccccc3C13CCCCC23. The predicted octanol–water partition coefficient (Wildman–Crippen LogP) is 3.75. The van der Waals surface area contributed by atoms with Crippen LogP contribution >= 0.6 is 0 Å². The standard InChI is InChI=1S/C18H23N/c1-2-11-19-13-15-12-14-7-3-4-8-16(14)18(19)10-6-5-9-17(15)18/h2-4,7-8,15,17H,1,5-6,9-13H2. The van der Waals surface area contributed by atoms with E-state index in [0.717, 1.165) is 18.4 Å². The highest BCUT2D eigenvalue weighted by atomic mass is 15.2. The molecule has 1 heteroatoms. The predicted molar refractivity (Wildman–Crippen MR) is 79.0 cm³/mol. The third-order valence-electron chi connectivity index (χ3n) is 5.84. The van der Waals surface area contributed by atoms with Crippen molar-refractivity contribution in [2.75, 3.05) is 13.1 Å². The smallest absolute Gasteiger partial charge is 0.0498 e. The normalized spacial score (nSPS) is 36.6. The number of likely N-dealkylation sites (tertiary alicyclic amines) is 1. The Morgan fingerprint density at radius 2 is 2.21 bits per heavy atom. The van der Waals surface area contributed by atoms with E-state index < -0.39 is 0 Å². The van der Waals surface area contributed by atoms with Crippen LogP contribution in [0.4, 0.5) is 0 Å². The molecule has 2 aliphatic carbocycles. The highest BCUT2D eigenvalue weighted by Crippen LogP contribution is 2.58. The summed E-state index contributed by atoms with van der Waals surface area (Å²) in [5, 5.41) is 0. The minimum atomic E-state index is 0.353. The van der Waals surface area contributed by atoms with Gasteiger partial charge in [0.05, 0.1) is 0 Å². The zero-order valence-electron chi connectivity index (χ0n) is 11.6. The Morgan fingerprint density at radius 1 is 1.32 bits per heavy atom. The zero-order chi connectivity index (χ0) is 12.9. The molecule has 3 aliphatic rings. The molecule has 100 valence electrons. The van der Waals surface area contributed by atoms with E-state index in [1.54, 1.807) is 11.1 Å². The molecule has 2 fully saturated rings. The van der Waals surface area contributed by atoms with Crippen molar-refractivity contribution < 1.29 is 0 Å². The maximum Gasteiger partial charge on any atom is 0.0498 e. The Balaban J connectivity index is 1.89. The monoisotopic (exact) mass is 253 g/mol. The van der Waals surface area contributed by atoms with Crippen molar-refractivity contribution in [1.82, 2.24) is 4.90 Å². The van der Waals surface area contributed by atoms with Crippen molar-refractivity contribution in [3.05, 3.63) is 48.0 Å². The van der Waals surface area contributed by atoms with E-state index in [9.17, 15) is 0 Å². The van der Waals surface area contributed by atoms with Gasteiger partial charge in [0.2, 0.25) is 0 Å². The summed E-state index contributed by atoms with van der Waals surface area (Å²) in [5.41, 5.74) is 3.62. The molecule has 0 radical (unpaired) electrons. The lowest BCUT2D eigenvalue weighted by Crippen LogP contribution is -2.49. The van der Waals surface area contributed by atoms with Crippen LogP contribution in [0.15, 0.2) is 36.9 Å². The number of nitrogens with zero attached hydrogens (tertiary/aromatic N) is 1. The van der Waals surface area contributed by atoms with E-state index in [1.165, 1.54) is 38.6 Å². The van der Waals surface area contributed by atoms with Gasteiger partial charge in [0.1, 0.15) is 0 Å². The molecule has 1 saturated carbocycles. The molecule has 1 aliphatic heterocycles. The summed E-state index contributed by atoms with van der Waals surface area (Å²) >= 11 is 0. The van der Waals surface area contributed by atoms with Crippen LogP contribution in [0, 0.1) is 11.8 Å². The fourth-order valence-electron chi connectivity index (χ4n) is 5.28. The Kier molecular flexibility index (Phi) is 2.60. The van der Waals surface area contributed by atoms with E-state index in [0.29, 0.717) is 5.54 Å². The van der Waals surface area contributed by atoms with Crippen LogP contribution in [0.2, 0.25) is 0 Å². The summed E-state index contributed by atoms with van der Waals surface area (Å²) in [4.78, 5) is 2.75. The summed E-state index contributed by atoms with van der Waals surface area (Å²) < 4.78 is 0. The molecule has 1 aromatic rings. The molecular formula is C18H23N. The quantitative estimate of drug-likeness (QED) is 0.726. The van der Waals surface area contributed by atoms with Gasteiger partial charge in [-0.3, -0.25) is 4.90 Å². The molecule has 4 rings (SSSR count). The first-order valence-electron chi connectivity index (χ1n) is 7.80. The van der Waals surface area contributed by atoms with Gasteiger partial charge in [0.15, 0.2) is 0 Å². The largest absolute Gasteiger partial charge is 0.289 e. The highest BCUT2D eigenvalue weighted by Gasteiger charge is 2.57. The Morgan fingerprint density at radius 3 is 3.11 bits per heavy atom. The number of rotatable bonds is 2. The number of hydrogen-bond acceptors (Lipinski definition) is 1. The van der Waals surface area contributed by atoms with Crippen LogP contribution in [0.5, 0.6) is 0 Å². The van der Waals surface area contributed by atoms with Gasteiger partial charge in [0, 0.05) is 18.6 Å². The molecule has 1 nitrogen and oxygen atoms in total. The number of hydrogen-bond donors (Lipinski definition) is 0. The average Bonchev–Trinajstić information content (AvgIpc) is 2.69. The van der Waals surface area contributed by atoms with Crippen LogP contribution in [0.25, 0.3) is 0 Å². The Hall–Kier alpha value is -1.08. The van der Waals surface area contributed by atoms with Crippen molar-refractivity contribution >= 4 is 0 Å². The van der Waals surface area contributed by atoms with Gasteiger partial charge in [-0.2, -0.15) is 0 Å². The van der Waals surface area contributed by atoms with Gasteiger partial charge in [-0.1, -0.05) is 43.2 Å². The average molecular weight is 253 g/mol. The molecule has 1 heterocycles. The fraction of sp³-hybridized carbons (Fsp3) is 0.556. The Labute approximate surface area is 116 Å². The lowest BCUT2D eigenvalue weighted by Gasteiger charge is -2.49. The third kappa shape index (κ3) is 1.45. The first-order chi connectivity index (χ1) is 9.36. The van der Waals surface area contributed by atoms with E-state index >= 15 is 0 Å². The summed E-state index contributed by atoms with van der Waals surface area (Å²) in [6, 6.07) is 9.23. The first-order valence-corrected chi connectivity index (χ1v) is 7.80. The van der Waals surface area contributed by atoms with Gasteiger partial charge in [-0.15, -0.1) is 6.58 Å². The zero-order valence-corrected chi connectivity index (χ0v) is 11.6. The van der Waals surface area contributed by atoms with E-state index in [4.69, 9.17) is 0 Å². The molecule has 2 bridgehead atoms. The van der Waals surface area contributed by atoms with Gasteiger partial charge in [-0.05, 0) is 42.2 Å². The number of fused-ring (bicyclic) bond motifs is 1. The molecule has 3 unspecified atom stereocenters. The van der Waals surface area contributed by atoms with Gasteiger partial charge in [0.25, 0.3) is 0 Å². The second-order valence-electron chi connectivity index (χ2n) is 6.59. The van der Waals surface area contributed by atoms with E-state index in [-0.39, 0.29) is 0 Å². The van der Waals surface area contributed by atoms with Crippen molar-refractivity contribution in [2.45, 2.75) is 37.6 Å². The maximum absolute atomic E-state index is 3.99. The van der Waals surface area contributed by atoms with Crippen molar-refractivity contribution in [1.29, 1.82) is 0 Å². The third-order valence-corrected chi connectivity index (χ3v) is 5.84. The van der Waals surface area contributed by atoms with Crippen LogP contribution in [0.1, 0.15) is 36.8 Å². The van der Waals surface area contributed by atoms with Crippen LogP contribution in [-0.2, 0) is 12.0 Å². The maximum atomic E-state index is 3.99. The van der Waals surface area contributed by atoms with Crippen LogP contribution in [0.3, 0.4) is 0 Å². The first kappa shape index (κ1) is 11.7. The fourth-order valence-corrected chi connectivity index (χ4v) is 5.28. The molecule has 3 atom stereocenters. The summed E-state index contributed by atoms with van der Waals surface area (Å²) in [7, 11) is 0. The lowest BCUT2D eigenvalue weighted by atomic mass is 9.61. The minimum Gasteiger partial charge on any atom is -0.289 e. The molecule has 0 aromatic heterocycles. The molecule has 1 saturated heterocycles. The van der Waals surface area contributed by atoms with E-state index in [1.807, 2.05) is 0 Å². The molecular weight excluding hydrogens is 230 g/mol. The molecule has 0 amide bonds. The van der Waals surface area contributed by atoms with Crippen LogP contribution in [-0.4, -0.2) is 18.0 Å². The minimum absolute atomic E-state index is 0.353. The lowest BCUT2D eigenvalue weighted by molar-refractivity contribution is 0.0588. The molecule has 0 N–H and O–H groups in total. The van der Waals surface area contributed by atoms with Gasteiger partial charge in [-0.25, -0.2) is 0 Å². The summed E-state index contributed by atoms with van der Waals surface area (Å²) in [6.07, 6.45) is 9.03. The Bertz CT molecular complexity index is 506. The van der Waals surface area contributed by atoms with Crippen LogP contribution < -0.4 is 0 Å². The van der Waals surface area contributed by atoms with Gasteiger partial charge >= 0.3 is 0 Å². The molecule has 0 spiro atoms. The van der Waals surface area contributed by atoms with Crippen molar-refractivity contribution in [3.8, 4) is 0 Å². The second-order valence-corrected chi connectivity index (χ2v) is 6.59. The summed E-state index contributed by atoms with van der Waals surface area (Å²) in [6.45, 7) is 6.33. The number of benzene rings is 1. The van der Waals surface area contributed by atoms with Gasteiger partial charge < -0.3 is 0 Å². The summed E-state index contributed by atoms with van der Waals surface area (Å²) in [5.74, 6) is 1.78. The molecule has 1 aromatic carbocycles.